The summed E-state index contributed by atoms with van der Waals surface area (Å²) in [5.41, 5.74) is 3.04. The molecule has 0 spiro atoms. The molecule has 6 heteroatoms. The van der Waals surface area contributed by atoms with Gasteiger partial charge in [-0.25, -0.2) is 0 Å². The van der Waals surface area contributed by atoms with Crippen molar-refractivity contribution in [1.29, 1.82) is 0 Å². The van der Waals surface area contributed by atoms with Crippen LogP contribution in [0.4, 0.5) is 0 Å². The van der Waals surface area contributed by atoms with E-state index in [9.17, 15) is 9.59 Å². The van der Waals surface area contributed by atoms with Crippen LogP contribution in [-0.4, -0.2) is 34.6 Å². The standard InChI is InChI=1S/C30H33ClN2O2S/c31-27-18-10-7-15-25(27)20-33(29(34)22-36-21-24-13-5-2-6-14-24)28(19-23-11-3-1-4-12-23)30(35)32-26-16-8-9-17-26/h1-7,10-15,18,26,28H,8-9,16-17,19-22H2,(H,32,35). The molecule has 1 aliphatic rings. The number of hydrogen-bond donors (Lipinski definition) is 1. The lowest BCUT2D eigenvalue weighted by molar-refractivity contribution is -0.139. The van der Waals surface area contributed by atoms with E-state index in [4.69, 9.17) is 11.6 Å². The topological polar surface area (TPSA) is 49.4 Å². The van der Waals surface area contributed by atoms with Gasteiger partial charge in [-0.1, -0.05) is 103 Å². The molecule has 188 valence electrons. The molecule has 2 amide bonds. The average Bonchev–Trinajstić information content (AvgIpc) is 3.41. The SMILES string of the molecule is O=C(NC1CCCC1)C(Cc1ccccc1)N(Cc1ccccc1Cl)C(=O)CSCc1ccccc1. The molecular formula is C30H33ClN2O2S. The minimum atomic E-state index is -0.617. The zero-order valence-electron chi connectivity index (χ0n) is 20.4. The summed E-state index contributed by atoms with van der Waals surface area (Å²) in [5.74, 6) is 0.892. The lowest BCUT2D eigenvalue weighted by Crippen LogP contribution is -2.52. The maximum Gasteiger partial charge on any atom is 0.243 e. The van der Waals surface area contributed by atoms with Crippen molar-refractivity contribution >= 4 is 35.2 Å². The van der Waals surface area contributed by atoms with Gasteiger partial charge in [0.15, 0.2) is 0 Å². The number of carbonyl (C=O) groups is 2. The minimum absolute atomic E-state index is 0.0571. The number of rotatable bonds is 11. The molecule has 1 saturated carbocycles. The summed E-state index contributed by atoms with van der Waals surface area (Å²) in [4.78, 5) is 29.1. The van der Waals surface area contributed by atoms with Gasteiger partial charge in [-0.3, -0.25) is 9.59 Å². The van der Waals surface area contributed by atoms with Gasteiger partial charge in [0.05, 0.1) is 5.75 Å². The summed E-state index contributed by atoms with van der Waals surface area (Å²) in [6.07, 6.45) is 4.71. The van der Waals surface area contributed by atoms with Gasteiger partial charge in [0.1, 0.15) is 6.04 Å². The van der Waals surface area contributed by atoms with E-state index in [1.165, 1.54) is 5.56 Å². The lowest BCUT2D eigenvalue weighted by atomic mass is 10.0. The van der Waals surface area contributed by atoms with Crippen LogP contribution in [0.2, 0.25) is 5.02 Å². The van der Waals surface area contributed by atoms with Gasteiger partial charge in [-0.15, -0.1) is 11.8 Å². The van der Waals surface area contributed by atoms with Crippen molar-refractivity contribution in [3.05, 3.63) is 107 Å². The molecule has 0 saturated heterocycles. The third-order valence-electron chi connectivity index (χ3n) is 6.61. The van der Waals surface area contributed by atoms with E-state index in [-0.39, 0.29) is 17.9 Å². The molecule has 1 atom stereocenters. The molecule has 0 bridgehead atoms. The molecule has 1 fully saturated rings. The molecule has 1 N–H and O–H groups in total. The number of nitrogens with zero attached hydrogens (tertiary/aromatic N) is 1. The van der Waals surface area contributed by atoms with E-state index in [1.54, 1.807) is 16.7 Å². The van der Waals surface area contributed by atoms with E-state index < -0.39 is 6.04 Å². The Kier molecular flexibility index (Phi) is 9.88. The Morgan fingerprint density at radius 1 is 0.889 bits per heavy atom. The average molecular weight is 521 g/mol. The van der Waals surface area contributed by atoms with E-state index in [1.807, 2.05) is 72.8 Å². The number of carbonyl (C=O) groups excluding carboxylic acids is 2. The quantitative estimate of drug-likeness (QED) is 0.324. The smallest absolute Gasteiger partial charge is 0.243 e. The third-order valence-corrected chi connectivity index (χ3v) is 7.97. The fourth-order valence-electron chi connectivity index (χ4n) is 4.64. The van der Waals surface area contributed by atoms with Crippen LogP contribution in [-0.2, 0) is 28.3 Å². The first-order chi connectivity index (χ1) is 17.6. The normalized spacial score (nSPS) is 14.4. The number of nitrogens with one attached hydrogen (secondary N) is 1. The van der Waals surface area contributed by atoms with Crippen LogP contribution in [0.15, 0.2) is 84.9 Å². The molecular weight excluding hydrogens is 488 g/mol. The highest BCUT2D eigenvalue weighted by atomic mass is 35.5. The maximum absolute atomic E-state index is 13.7. The van der Waals surface area contributed by atoms with Crippen LogP contribution in [0.25, 0.3) is 0 Å². The van der Waals surface area contributed by atoms with Crippen LogP contribution in [0.1, 0.15) is 42.4 Å². The second kappa shape index (κ2) is 13.5. The van der Waals surface area contributed by atoms with Crippen LogP contribution >= 0.6 is 23.4 Å². The van der Waals surface area contributed by atoms with Gasteiger partial charge in [0, 0.05) is 29.8 Å². The van der Waals surface area contributed by atoms with Gasteiger partial charge >= 0.3 is 0 Å². The Morgan fingerprint density at radius 3 is 2.17 bits per heavy atom. The summed E-state index contributed by atoms with van der Waals surface area (Å²) < 4.78 is 0. The summed E-state index contributed by atoms with van der Waals surface area (Å²) in [6.45, 7) is 0.292. The molecule has 3 aromatic rings. The predicted octanol–water partition coefficient (Wildman–Crippen LogP) is 6.27. The maximum atomic E-state index is 13.7. The highest BCUT2D eigenvalue weighted by molar-refractivity contribution is 7.99. The van der Waals surface area contributed by atoms with E-state index >= 15 is 0 Å². The van der Waals surface area contributed by atoms with Gasteiger partial charge < -0.3 is 10.2 Å². The van der Waals surface area contributed by atoms with Gasteiger partial charge in [-0.2, -0.15) is 0 Å². The number of thioether (sulfide) groups is 1. The largest absolute Gasteiger partial charge is 0.352 e. The zero-order valence-corrected chi connectivity index (χ0v) is 22.0. The minimum Gasteiger partial charge on any atom is -0.352 e. The van der Waals surface area contributed by atoms with Crippen molar-refractivity contribution in [3.63, 3.8) is 0 Å². The van der Waals surface area contributed by atoms with E-state index in [0.29, 0.717) is 23.7 Å². The first-order valence-electron chi connectivity index (χ1n) is 12.6. The molecule has 0 aliphatic heterocycles. The van der Waals surface area contributed by atoms with Crippen molar-refractivity contribution in [2.45, 2.75) is 56.5 Å². The number of benzene rings is 3. The molecule has 0 heterocycles. The summed E-state index contributed by atoms with van der Waals surface area (Å²) in [5, 5.41) is 3.84. The zero-order chi connectivity index (χ0) is 25.2. The van der Waals surface area contributed by atoms with Crippen molar-refractivity contribution in [2.75, 3.05) is 5.75 Å². The number of amides is 2. The van der Waals surface area contributed by atoms with Crippen LogP contribution in [0, 0.1) is 0 Å². The van der Waals surface area contributed by atoms with Crippen molar-refractivity contribution < 1.29 is 9.59 Å². The highest BCUT2D eigenvalue weighted by Gasteiger charge is 2.32. The Hall–Kier alpha value is -2.76. The first-order valence-corrected chi connectivity index (χ1v) is 14.1. The van der Waals surface area contributed by atoms with Crippen LogP contribution in [0.3, 0.4) is 0 Å². The van der Waals surface area contributed by atoms with Gasteiger partial charge in [-0.05, 0) is 35.6 Å². The fourth-order valence-corrected chi connectivity index (χ4v) is 5.71. The molecule has 1 unspecified atom stereocenters. The van der Waals surface area contributed by atoms with E-state index in [0.717, 1.165) is 42.6 Å². The predicted molar refractivity (Wildman–Crippen MR) is 149 cm³/mol. The third kappa shape index (κ3) is 7.62. The second-order valence-electron chi connectivity index (χ2n) is 9.29. The van der Waals surface area contributed by atoms with Crippen LogP contribution in [0.5, 0.6) is 0 Å². The first kappa shape index (κ1) is 26.3. The Labute approximate surface area is 223 Å². The van der Waals surface area contributed by atoms with Gasteiger partial charge in [0.25, 0.3) is 0 Å². The molecule has 4 nitrogen and oxygen atoms in total. The molecule has 1 aliphatic carbocycles. The fraction of sp³-hybridized carbons (Fsp3) is 0.333. The Balaban J connectivity index is 1.57. The molecule has 4 rings (SSSR count). The van der Waals surface area contributed by atoms with Gasteiger partial charge in [0.2, 0.25) is 11.8 Å². The number of halogens is 1. The van der Waals surface area contributed by atoms with Crippen molar-refractivity contribution in [2.24, 2.45) is 0 Å². The van der Waals surface area contributed by atoms with Crippen molar-refractivity contribution in [3.8, 4) is 0 Å². The Morgan fingerprint density at radius 2 is 1.50 bits per heavy atom. The molecule has 36 heavy (non-hydrogen) atoms. The van der Waals surface area contributed by atoms with Crippen molar-refractivity contribution in [1.82, 2.24) is 10.2 Å². The Bertz CT molecular complexity index is 1120. The molecule has 3 aromatic carbocycles. The highest BCUT2D eigenvalue weighted by Crippen LogP contribution is 2.23. The monoisotopic (exact) mass is 520 g/mol. The summed E-state index contributed by atoms with van der Waals surface area (Å²) in [7, 11) is 0. The summed E-state index contributed by atoms with van der Waals surface area (Å²) in [6, 6.07) is 27.2. The molecule has 0 aromatic heterocycles. The summed E-state index contributed by atoms with van der Waals surface area (Å²) >= 11 is 8.07. The second-order valence-corrected chi connectivity index (χ2v) is 10.7. The lowest BCUT2D eigenvalue weighted by Gasteiger charge is -2.32. The van der Waals surface area contributed by atoms with E-state index in [2.05, 4.69) is 17.4 Å². The van der Waals surface area contributed by atoms with Crippen LogP contribution < -0.4 is 5.32 Å². The molecule has 0 radical (unpaired) electrons. The number of hydrogen-bond acceptors (Lipinski definition) is 3.